The molecule has 3 heteroatoms. The summed E-state index contributed by atoms with van der Waals surface area (Å²) in [5.41, 5.74) is 1.45. The van der Waals surface area contributed by atoms with Gasteiger partial charge >= 0.3 is 0 Å². The van der Waals surface area contributed by atoms with Crippen LogP contribution in [0.4, 0.5) is 5.82 Å². The minimum absolute atomic E-state index is 0.176. The highest BCUT2D eigenvalue weighted by atomic mass is 32.2. The summed E-state index contributed by atoms with van der Waals surface area (Å²) in [7, 11) is 0. The van der Waals surface area contributed by atoms with E-state index < -0.39 is 0 Å². The molecule has 0 spiro atoms. The van der Waals surface area contributed by atoms with Gasteiger partial charge in [0.15, 0.2) is 0 Å². The van der Waals surface area contributed by atoms with Crippen LogP contribution in [0.2, 0.25) is 0 Å². The highest BCUT2D eigenvalue weighted by Crippen LogP contribution is 2.22. The van der Waals surface area contributed by atoms with Crippen molar-refractivity contribution >= 4 is 17.6 Å². The van der Waals surface area contributed by atoms with Crippen LogP contribution in [0.5, 0.6) is 0 Å². The maximum Gasteiger partial charge on any atom is 0.126 e. The van der Waals surface area contributed by atoms with Crippen LogP contribution in [0, 0.1) is 0 Å². The lowest BCUT2D eigenvalue weighted by Gasteiger charge is -2.19. The Morgan fingerprint density at radius 2 is 2.06 bits per heavy atom. The van der Waals surface area contributed by atoms with E-state index in [1.54, 1.807) is 0 Å². The van der Waals surface area contributed by atoms with Crippen molar-refractivity contribution in [3.8, 4) is 0 Å². The predicted octanol–water partition coefficient (Wildman–Crippen LogP) is 3.93. The molecule has 0 bridgehead atoms. The van der Waals surface area contributed by atoms with Gasteiger partial charge in [-0.15, -0.1) is 0 Å². The van der Waals surface area contributed by atoms with Crippen LogP contribution in [-0.4, -0.2) is 22.5 Å². The Morgan fingerprint density at radius 3 is 2.53 bits per heavy atom. The minimum Gasteiger partial charge on any atom is -0.367 e. The second-order valence-corrected chi connectivity index (χ2v) is 6.71. The van der Waals surface area contributed by atoms with Gasteiger partial charge in [-0.3, -0.25) is 0 Å². The number of hydrogen-bond acceptors (Lipinski definition) is 3. The molecule has 0 aliphatic carbocycles. The van der Waals surface area contributed by atoms with Crippen LogP contribution in [0.15, 0.2) is 18.3 Å². The van der Waals surface area contributed by atoms with Crippen molar-refractivity contribution in [2.75, 3.05) is 16.8 Å². The molecule has 17 heavy (non-hydrogen) atoms. The van der Waals surface area contributed by atoms with Crippen LogP contribution in [0.1, 0.15) is 40.2 Å². The van der Waals surface area contributed by atoms with Crippen molar-refractivity contribution in [3.05, 3.63) is 23.9 Å². The molecule has 2 nitrogen and oxygen atoms in total. The van der Waals surface area contributed by atoms with Crippen LogP contribution >= 0.6 is 11.8 Å². The molecule has 0 saturated heterocycles. The number of nitrogens with zero attached hydrogens (tertiary/aromatic N) is 1. The average Bonchev–Trinajstić information content (AvgIpc) is 2.26. The molecular weight excluding hydrogens is 228 g/mol. The molecule has 1 rings (SSSR count). The highest BCUT2D eigenvalue weighted by molar-refractivity contribution is 7.99. The largest absolute Gasteiger partial charge is 0.367 e. The standard InChI is InChI=1S/C14H24N2S/c1-6-17-10-11(2)16-13-8-7-12(9-15-13)14(3,4)5/h7-9,11H,6,10H2,1-5H3,(H,15,16). The lowest BCUT2D eigenvalue weighted by Crippen LogP contribution is -2.19. The smallest absolute Gasteiger partial charge is 0.126 e. The van der Waals surface area contributed by atoms with E-state index in [2.05, 4.69) is 57.1 Å². The molecule has 1 unspecified atom stereocenters. The molecule has 0 saturated carbocycles. The topological polar surface area (TPSA) is 24.9 Å². The van der Waals surface area contributed by atoms with Gasteiger partial charge in [-0.1, -0.05) is 33.8 Å². The number of thioether (sulfide) groups is 1. The van der Waals surface area contributed by atoms with Gasteiger partial charge in [0.25, 0.3) is 0 Å². The fraction of sp³-hybridized carbons (Fsp3) is 0.643. The number of anilines is 1. The maximum atomic E-state index is 4.47. The predicted molar refractivity (Wildman–Crippen MR) is 79.0 cm³/mol. The fourth-order valence-corrected chi connectivity index (χ4v) is 2.18. The van der Waals surface area contributed by atoms with E-state index in [0.29, 0.717) is 6.04 Å². The van der Waals surface area contributed by atoms with Gasteiger partial charge in [-0.05, 0) is 29.7 Å². The lowest BCUT2D eigenvalue weighted by molar-refractivity contribution is 0.587. The zero-order valence-electron chi connectivity index (χ0n) is 11.6. The van der Waals surface area contributed by atoms with Crippen LogP contribution in [0.25, 0.3) is 0 Å². The van der Waals surface area contributed by atoms with Crippen molar-refractivity contribution in [2.24, 2.45) is 0 Å². The van der Waals surface area contributed by atoms with Crippen molar-refractivity contribution in [1.82, 2.24) is 4.98 Å². The molecule has 0 aliphatic rings. The molecule has 1 aromatic rings. The molecule has 0 radical (unpaired) electrons. The molecule has 1 N–H and O–H groups in total. The maximum absolute atomic E-state index is 4.47. The fourth-order valence-electron chi connectivity index (χ4n) is 1.51. The first-order valence-electron chi connectivity index (χ1n) is 6.24. The normalized spacial score (nSPS) is 13.5. The van der Waals surface area contributed by atoms with E-state index in [1.165, 1.54) is 11.3 Å². The van der Waals surface area contributed by atoms with Gasteiger partial charge in [0.2, 0.25) is 0 Å². The molecule has 0 amide bonds. The quantitative estimate of drug-likeness (QED) is 0.859. The van der Waals surface area contributed by atoms with Crippen molar-refractivity contribution < 1.29 is 0 Å². The van der Waals surface area contributed by atoms with Gasteiger partial charge in [0, 0.05) is 18.0 Å². The van der Waals surface area contributed by atoms with Crippen molar-refractivity contribution in [1.29, 1.82) is 0 Å². The molecular formula is C14H24N2S. The zero-order valence-corrected chi connectivity index (χ0v) is 12.4. The van der Waals surface area contributed by atoms with Gasteiger partial charge < -0.3 is 5.32 Å². The van der Waals surface area contributed by atoms with E-state index in [4.69, 9.17) is 0 Å². The molecule has 0 fully saturated rings. The summed E-state index contributed by atoms with van der Waals surface area (Å²) < 4.78 is 0. The van der Waals surface area contributed by atoms with E-state index in [1.807, 2.05) is 18.0 Å². The summed E-state index contributed by atoms with van der Waals surface area (Å²) in [6.45, 7) is 11.0. The number of aromatic nitrogens is 1. The molecule has 1 atom stereocenters. The Labute approximate surface area is 110 Å². The zero-order chi connectivity index (χ0) is 12.9. The highest BCUT2D eigenvalue weighted by Gasteiger charge is 2.13. The van der Waals surface area contributed by atoms with Crippen molar-refractivity contribution in [3.63, 3.8) is 0 Å². The summed E-state index contributed by atoms with van der Waals surface area (Å²) in [5, 5.41) is 3.42. The van der Waals surface area contributed by atoms with Crippen LogP contribution in [0.3, 0.4) is 0 Å². The van der Waals surface area contributed by atoms with Gasteiger partial charge in [-0.25, -0.2) is 4.98 Å². The Bertz CT molecular complexity index is 327. The second kappa shape index (κ2) is 6.29. The van der Waals surface area contributed by atoms with E-state index in [9.17, 15) is 0 Å². The Balaban J connectivity index is 2.56. The minimum atomic E-state index is 0.176. The van der Waals surface area contributed by atoms with Gasteiger partial charge in [0.05, 0.1) is 0 Å². The number of pyridine rings is 1. The molecule has 0 aliphatic heterocycles. The van der Waals surface area contributed by atoms with Gasteiger partial charge in [0.1, 0.15) is 5.82 Å². The number of rotatable bonds is 5. The second-order valence-electron chi connectivity index (χ2n) is 5.39. The Morgan fingerprint density at radius 1 is 1.35 bits per heavy atom. The Hall–Kier alpha value is -0.700. The Kier molecular flexibility index (Phi) is 5.31. The van der Waals surface area contributed by atoms with E-state index in [-0.39, 0.29) is 5.41 Å². The van der Waals surface area contributed by atoms with E-state index >= 15 is 0 Å². The third-order valence-electron chi connectivity index (χ3n) is 2.60. The van der Waals surface area contributed by atoms with Gasteiger partial charge in [-0.2, -0.15) is 11.8 Å². The number of hydrogen-bond donors (Lipinski definition) is 1. The number of nitrogens with one attached hydrogen (secondary N) is 1. The first-order valence-corrected chi connectivity index (χ1v) is 7.39. The lowest BCUT2D eigenvalue weighted by atomic mass is 9.88. The van der Waals surface area contributed by atoms with E-state index in [0.717, 1.165) is 11.6 Å². The molecule has 1 heterocycles. The first kappa shape index (κ1) is 14.4. The van der Waals surface area contributed by atoms with Crippen LogP contribution in [-0.2, 0) is 5.41 Å². The third kappa shape index (κ3) is 4.99. The SMILES string of the molecule is CCSCC(C)Nc1ccc(C(C)(C)C)cn1. The summed E-state index contributed by atoms with van der Waals surface area (Å²) in [5.74, 6) is 3.27. The first-order chi connectivity index (χ1) is 7.93. The molecule has 0 aromatic carbocycles. The third-order valence-corrected chi connectivity index (χ3v) is 3.74. The summed E-state index contributed by atoms with van der Waals surface area (Å²) in [6.07, 6.45) is 1.97. The summed E-state index contributed by atoms with van der Waals surface area (Å²) >= 11 is 1.95. The molecule has 96 valence electrons. The summed E-state index contributed by atoms with van der Waals surface area (Å²) in [6, 6.07) is 4.70. The van der Waals surface area contributed by atoms with Crippen molar-refractivity contribution in [2.45, 2.75) is 46.1 Å². The monoisotopic (exact) mass is 252 g/mol. The van der Waals surface area contributed by atoms with Crippen LogP contribution < -0.4 is 5.32 Å². The summed E-state index contributed by atoms with van der Waals surface area (Å²) in [4.78, 5) is 4.47. The molecule has 1 aromatic heterocycles. The average molecular weight is 252 g/mol.